The SMILES string of the molecule is COc1cccc(CN(C)C(=O)C2(NC(=O)NCc3ccccc3)CCCC2)c1OC. The van der Waals surface area contributed by atoms with Gasteiger partial charge in [0.05, 0.1) is 14.2 Å². The minimum atomic E-state index is -0.887. The topological polar surface area (TPSA) is 79.9 Å². The lowest BCUT2D eigenvalue weighted by Gasteiger charge is -2.33. The number of nitrogens with zero attached hydrogens (tertiary/aromatic N) is 1. The van der Waals surface area contributed by atoms with E-state index in [1.807, 2.05) is 48.5 Å². The van der Waals surface area contributed by atoms with Crippen LogP contribution in [0.2, 0.25) is 0 Å². The Balaban J connectivity index is 1.68. The standard InChI is InChI=1S/C24H31N3O4/c1-27(17-19-12-9-13-20(30-2)21(19)31-3)22(28)24(14-7-8-15-24)26-23(29)25-16-18-10-5-4-6-11-18/h4-6,9-13H,7-8,14-17H2,1-3H3,(H2,25,26,29). The Bertz CT molecular complexity index is 895. The number of benzene rings is 2. The first kappa shape index (κ1) is 22.5. The van der Waals surface area contributed by atoms with Crippen molar-refractivity contribution >= 4 is 11.9 Å². The third-order valence-corrected chi connectivity index (χ3v) is 5.75. The molecule has 1 saturated carbocycles. The Hall–Kier alpha value is -3.22. The summed E-state index contributed by atoms with van der Waals surface area (Å²) in [6, 6.07) is 15.0. The van der Waals surface area contributed by atoms with Crippen molar-refractivity contribution in [2.45, 2.75) is 44.3 Å². The van der Waals surface area contributed by atoms with Gasteiger partial charge in [-0.15, -0.1) is 0 Å². The molecule has 0 heterocycles. The van der Waals surface area contributed by atoms with Crippen LogP contribution in [-0.4, -0.2) is 43.6 Å². The number of para-hydroxylation sites is 1. The molecule has 1 aliphatic rings. The van der Waals surface area contributed by atoms with Gasteiger partial charge in [0, 0.05) is 25.7 Å². The van der Waals surface area contributed by atoms with Gasteiger partial charge in [-0.3, -0.25) is 4.79 Å². The maximum atomic E-state index is 13.4. The fourth-order valence-corrected chi connectivity index (χ4v) is 4.18. The largest absolute Gasteiger partial charge is 0.493 e. The molecule has 0 unspecified atom stereocenters. The van der Waals surface area contributed by atoms with Gasteiger partial charge < -0.3 is 25.0 Å². The molecule has 1 fully saturated rings. The van der Waals surface area contributed by atoms with Crippen molar-refractivity contribution in [2.75, 3.05) is 21.3 Å². The van der Waals surface area contributed by atoms with Gasteiger partial charge in [0.15, 0.2) is 11.5 Å². The average molecular weight is 426 g/mol. The summed E-state index contributed by atoms with van der Waals surface area (Å²) in [6.45, 7) is 0.766. The van der Waals surface area contributed by atoms with Gasteiger partial charge in [0.1, 0.15) is 5.54 Å². The van der Waals surface area contributed by atoms with Crippen molar-refractivity contribution in [3.8, 4) is 11.5 Å². The Morgan fingerprint density at radius 2 is 1.71 bits per heavy atom. The summed E-state index contributed by atoms with van der Waals surface area (Å²) in [4.78, 5) is 27.7. The van der Waals surface area contributed by atoms with Gasteiger partial charge in [-0.05, 0) is 24.5 Å². The van der Waals surface area contributed by atoms with Crippen LogP contribution in [0, 0.1) is 0 Å². The highest BCUT2D eigenvalue weighted by molar-refractivity contribution is 5.91. The summed E-state index contributed by atoms with van der Waals surface area (Å²) in [6.07, 6.45) is 3.07. The number of nitrogens with one attached hydrogen (secondary N) is 2. The van der Waals surface area contributed by atoms with E-state index in [-0.39, 0.29) is 11.9 Å². The first-order valence-electron chi connectivity index (χ1n) is 10.5. The van der Waals surface area contributed by atoms with Crippen molar-refractivity contribution < 1.29 is 19.1 Å². The Morgan fingerprint density at radius 3 is 2.35 bits per heavy atom. The molecule has 166 valence electrons. The molecule has 0 bridgehead atoms. The maximum absolute atomic E-state index is 13.4. The van der Waals surface area contributed by atoms with E-state index in [1.165, 1.54) is 0 Å². The summed E-state index contributed by atoms with van der Waals surface area (Å²) in [5.41, 5.74) is 0.966. The van der Waals surface area contributed by atoms with Crippen LogP contribution in [0.3, 0.4) is 0 Å². The third kappa shape index (κ3) is 5.29. The molecule has 3 amide bonds. The highest BCUT2D eigenvalue weighted by atomic mass is 16.5. The van der Waals surface area contributed by atoms with E-state index in [0.717, 1.165) is 24.0 Å². The quantitative estimate of drug-likeness (QED) is 0.679. The van der Waals surface area contributed by atoms with Crippen molar-refractivity contribution in [3.05, 3.63) is 59.7 Å². The number of likely N-dealkylation sites (N-methyl/N-ethyl adjacent to an activating group) is 1. The molecular weight excluding hydrogens is 394 g/mol. The van der Waals surface area contributed by atoms with E-state index < -0.39 is 5.54 Å². The van der Waals surface area contributed by atoms with Crippen LogP contribution >= 0.6 is 0 Å². The van der Waals surface area contributed by atoms with Crippen LogP contribution in [0.15, 0.2) is 48.5 Å². The highest BCUT2D eigenvalue weighted by Crippen LogP contribution is 2.34. The summed E-state index contributed by atoms with van der Waals surface area (Å²) in [5.74, 6) is 1.14. The lowest BCUT2D eigenvalue weighted by Crippen LogP contribution is -2.59. The van der Waals surface area contributed by atoms with Gasteiger partial charge >= 0.3 is 6.03 Å². The summed E-state index contributed by atoms with van der Waals surface area (Å²) >= 11 is 0. The van der Waals surface area contributed by atoms with Gasteiger partial charge in [-0.1, -0.05) is 55.3 Å². The summed E-state index contributed by atoms with van der Waals surface area (Å²) in [5, 5.41) is 5.85. The van der Waals surface area contributed by atoms with Crippen molar-refractivity contribution in [1.82, 2.24) is 15.5 Å². The van der Waals surface area contributed by atoms with Crippen molar-refractivity contribution in [2.24, 2.45) is 0 Å². The normalized spacial score (nSPS) is 14.5. The second-order valence-corrected chi connectivity index (χ2v) is 7.90. The number of urea groups is 1. The molecule has 7 heteroatoms. The number of hydrogen-bond acceptors (Lipinski definition) is 4. The van der Waals surface area contributed by atoms with E-state index in [0.29, 0.717) is 37.4 Å². The first-order chi connectivity index (χ1) is 15.0. The van der Waals surface area contributed by atoms with Gasteiger partial charge in [-0.2, -0.15) is 0 Å². The van der Waals surface area contributed by atoms with Crippen LogP contribution in [0.1, 0.15) is 36.8 Å². The molecule has 0 spiro atoms. The zero-order valence-corrected chi connectivity index (χ0v) is 18.4. The van der Waals surface area contributed by atoms with Crippen LogP contribution in [0.5, 0.6) is 11.5 Å². The molecule has 2 aromatic rings. The molecule has 0 atom stereocenters. The smallest absolute Gasteiger partial charge is 0.315 e. The van der Waals surface area contributed by atoms with E-state index in [1.54, 1.807) is 26.2 Å². The zero-order chi connectivity index (χ0) is 22.3. The first-order valence-corrected chi connectivity index (χ1v) is 10.5. The molecule has 0 aromatic heterocycles. The highest BCUT2D eigenvalue weighted by Gasteiger charge is 2.44. The van der Waals surface area contributed by atoms with Crippen LogP contribution in [0.25, 0.3) is 0 Å². The number of hydrogen-bond donors (Lipinski definition) is 2. The second-order valence-electron chi connectivity index (χ2n) is 7.90. The molecule has 2 aromatic carbocycles. The van der Waals surface area contributed by atoms with Crippen LogP contribution in [-0.2, 0) is 17.9 Å². The fourth-order valence-electron chi connectivity index (χ4n) is 4.18. The lowest BCUT2D eigenvalue weighted by atomic mass is 9.95. The molecule has 3 rings (SSSR count). The Labute approximate surface area is 183 Å². The number of methoxy groups -OCH3 is 2. The van der Waals surface area contributed by atoms with Gasteiger partial charge in [0.25, 0.3) is 0 Å². The van der Waals surface area contributed by atoms with Gasteiger partial charge in [-0.25, -0.2) is 4.79 Å². The zero-order valence-electron chi connectivity index (χ0n) is 18.4. The number of ether oxygens (including phenoxy) is 2. The maximum Gasteiger partial charge on any atom is 0.315 e. The minimum absolute atomic E-state index is 0.0928. The molecule has 7 nitrogen and oxygen atoms in total. The average Bonchev–Trinajstić information content (AvgIpc) is 3.27. The van der Waals surface area contributed by atoms with Crippen LogP contribution in [0.4, 0.5) is 4.79 Å². The van der Waals surface area contributed by atoms with Crippen LogP contribution < -0.4 is 20.1 Å². The lowest BCUT2D eigenvalue weighted by molar-refractivity contribution is -0.137. The van der Waals surface area contributed by atoms with E-state index >= 15 is 0 Å². The molecule has 2 N–H and O–H groups in total. The Morgan fingerprint density at radius 1 is 1.00 bits per heavy atom. The molecule has 31 heavy (non-hydrogen) atoms. The molecular formula is C24H31N3O4. The number of carbonyl (C=O) groups is 2. The third-order valence-electron chi connectivity index (χ3n) is 5.75. The minimum Gasteiger partial charge on any atom is -0.493 e. The van der Waals surface area contributed by atoms with E-state index in [4.69, 9.17) is 9.47 Å². The number of rotatable bonds is 8. The van der Waals surface area contributed by atoms with Crippen molar-refractivity contribution in [1.29, 1.82) is 0 Å². The molecule has 0 aliphatic heterocycles. The predicted octanol–water partition coefficient (Wildman–Crippen LogP) is 3.47. The van der Waals surface area contributed by atoms with Gasteiger partial charge in [0.2, 0.25) is 5.91 Å². The number of carbonyl (C=O) groups excluding carboxylic acids is 2. The monoisotopic (exact) mass is 425 g/mol. The predicted molar refractivity (Wildman–Crippen MR) is 119 cm³/mol. The van der Waals surface area contributed by atoms with E-state index in [9.17, 15) is 9.59 Å². The number of amides is 3. The second kappa shape index (κ2) is 10.2. The molecule has 0 radical (unpaired) electrons. The summed E-state index contributed by atoms with van der Waals surface area (Å²) < 4.78 is 10.9. The van der Waals surface area contributed by atoms with Crippen molar-refractivity contribution in [3.63, 3.8) is 0 Å². The van der Waals surface area contributed by atoms with E-state index in [2.05, 4.69) is 10.6 Å². The Kier molecular flexibility index (Phi) is 7.39. The fraction of sp³-hybridized carbons (Fsp3) is 0.417. The molecule has 0 saturated heterocycles. The molecule has 1 aliphatic carbocycles. The summed E-state index contributed by atoms with van der Waals surface area (Å²) in [7, 11) is 4.92.